The number of benzene rings is 2. The molecule has 138 valence electrons. The Bertz CT molecular complexity index is 971. The average Bonchev–Trinajstić information content (AvgIpc) is 2.85. The van der Waals surface area contributed by atoms with Crippen LogP contribution in [0.1, 0.15) is 11.1 Å². The summed E-state index contributed by atoms with van der Waals surface area (Å²) in [6.45, 7) is 1.50. The van der Waals surface area contributed by atoms with Crippen molar-refractivity contribution in [2.75, 3.05) is 11.9 Å². The molecule has 2 aromatic carbocycles. The number of nitrogens with one attached hydrogen (secondary N) is 2. The van der Waals surface area contributed by atoms with Crippen LogP contribution >= 0.6 is 15.9 Å². The van der Waals surface area contributed by atoms with Gasteiger partial charge in [0.25, 0.3) is 5.91 Å². The number of aromatic hydroxyl groups is 1. The van der Waals surface area contributed by atoms with E-state index in [-0.39, 0.29) is 11.4 Å². The lowest BCUT2D eigenvalue weighted by Crippen LogP contribution is -2.38. The number of nitrogens with zero attached hydrogens (tertiary/aromatic N) is 1. The van der Waals surface area contributed by atoms with E-state index < -0.39 is 24.4 Å². The molecule has 0 atom stereocenters. The molecular formula is C19H16BrN3O4. The van der Waals surface area contributed by atoms with Crippen LogP contribution in [0.15, 0.2) is 52.6 Å². The maximum Gasteiger partial charge on any atom is 0.329 e. The number of aryl methyl sites for hydroxylation is 1. The Labute approximate surface area is 163 Å². The highest BCUT2D eigenvalue weighted by molar-refractivity contribution is 9.10. The van der Waals surface area contributed by atoms with E-state index in [1.54, 1.807) is 30.3 Å². The van der Waals surface area contributed by atoms with Crippen molar-refractivity contribution in [3.05, 3.63) is 63.8 Å². The van der Waals surface area contributed by atoms with Crippen LogP contribution in [-0.4, -0.2) is 34.4 Å². The van der Waals surface area contributed by atoms with E-state index in [0.29, 0.717) is 15.7 Å². The fourth-order valence-corrected chi connectivity index (χ4v) is 2.96. The lowest BCUT2D eigenvalue weighted by Gasteiger charge is -2.12. The number of carbonyl (C=O) groups excluding carboxylic acids is 3. The normalized spacial score (nSPS) is 15.2. The summed E-state index contributed by atoms with van der Waals surface area (Å²) < 4.78 is 0.461. The zero-order valence-corrected chi connectivity index (χ0v) is 15.9. The summed E-state index contributed by atoms with van der Waals surface area (Å²) in [7, 11) is 0. The molecule has 0 radical (unpaired) electrons. The number of amides is 4. The minimum atomic E-state index is -0.663. The highest BCUT2D eigenvalue weighted by Gasteiger charge is 2.34. The van der Waals surface area contributed by atoms with E-state index >= 15 is 0 Å². The predicted molar refractivity (Wildman–Crippen MR) is 104 cm³/mol. The first-order valence-electron chi connectivity index (χ1n) is 8.03. The summed E-state index contributed by atoms with van der Waals surface area (Å²) in [5.41, 5.74) is 2.24. The number of anilines is 1. The van der Waals surface area contributed by atoms with Gasteiger partial charge in [0.15, 0.2) is 0 Å². The Kier molecular flexibility index (Phi) is 5.27. The van der Waals surface area contributed by atoms with Gasteiger partial charge in [-0.3, -0.25) is 9.59 Å². The fraction of sp³-hybridized carbons (Fsp3) is 0.105. The SMILES string of the molecule is Cc1cccc(NC(=O)CN2C(=O)N/C(=C/c3ccc(O)c(Br)c3)C2=O)c1. The fourth-order valence-electron chi connectivity index (χ4n) is 2.56. The van der Waals surface area contributed by atoms with E-state index in [0.717, 1.165) is 10.5 Å². The number of urea groups is 1. The Balaban J connectivity index is 1.71. The van der Waals surface area contributed by atoms with Gasteiger partial charge >= 0.3 is 6.03 Å². The van der Waals surface area contributed by atoms with E-state index in [1.165, 1.54) is 12.1 Å². The number of phenols is 1. The summed E-state index contributed by atoms with van der Waals surface area (Å²) in [5, 5.41) is 14.6. The van der Waals surface area contributed by atoms with Crippen molar-refractivity contribution in [2.45, 2.75) is 6.92 Å². The van der Waals surface area contributed by atoms with Crippen LogP contribution in [0.5, 0.6) is 5.75 Å². The first-order chi connectivity index (χ1) is 12.8. The van der Waals surface area contributed by atoms with Gasteiger partial charge in [-0.15, -0.1) is 0 Å². The van der Waals surface area contributed by atoms with Gasteiger partial charge in [-0.2, -0.15) is 0 Å². The summed E-state index contributed by atoms with van der Waals surface area (Å²) in [5.74, 6) is -1.00. The second-order valence-electron chi connectivity index (χ2n) is 6.01. The lowest BCUT2D eigenvalue weighted by molar-refractivity contribution is -0.127. The second-order valence-corrected chi connectivity index (χ2v) is 6.86. The minimum absolute atomic E-state index is 0.0564. The zero-order valence-electron chi connectivity index (χ0n) is 14.3. The molecule has 3 rings (SSSR count). The average molecular weight is 430 g/mol. The Morgan fingerprint density at radius 1 is 1.26 bits per heavy atom. The van der Waals surface area contributed by atoms with Crippen LogP contribution < -0.4 is 10.6 Å². The molecule has 0 aliphatic carbocycles. The topological polar surface area (TPSA) is 98.7 Å². The molecule has 4 amide bonds. The smallest absolute Gasteiger partial charge is 0.329 e. The number of hydrogen-bond acceptors (Lipinski definition) is 4. The van der Waals surface area contributed by atoms with E-state index in [9.17, 15) is 19.5 Å². The van der Waals surface area contributed by atoms with Crippen molar-refractivity contribution in [3.63, 3.8) is 0 Å². The van der Waals surface area contributed by atoms with Gasteiger partial charge in [0.2, 0.25) is 5.91 Å². The van der Waals surface area contributed by atoms with Gasteiger partial charge in [0, 0.05) is 5.69 Å². The molecule has 1 heterocycles. The minimum Gasteiger partial charge on any atom is -0.507 e. The van der Waals surface area contributed by atoms with Gasteiger partial charge in [-0.25, -0.2) is 9.69 Å². The van der Waals surface area contributed by atoms with Crippen molar-refractivity contribution in [1.82, 2.24) is 10.2 Å². The van der Waals surface area contributed by atoms with Crippen molar-refractivity contribution in [1.29, 1.82) is 0 Å². The third kappa shape index (κ3) is 4.35. The molecule has 1 saturated heterocycles. The van der Waals surface area contributed by atoms with Crippen LogP contribution in [0.2, 0.25) is 0 Å². The third-order valence-electron chi connectivity index (χ3n) is 3.85. The van der Waals surface area contributed by atoms with Crippen LogP contribution in [0.25, 0.3) is 6.08 Å². The molecule has 0 unspecified atom stereocenters. The lowest BCUT2D eigenvalue weighted by atomic mass is 10.2. The predicted octanol–water partition coefficient (Wildman–Crippen LogP) is 2.99. The number of rotatable bonds is 4. The molecule has 0 spiro atoms. The standard InChI is InChI=1S/C19H16BrN3O4/c1-11-3-2-4-13(7-11)21-17(25)10-23-18(26)15(22-19(23)27)9-12-5-6-16(24)14(20)8-12/h2-9,24H,10H2,1H3,(H,21,25)(H,22,27)/b15-9+. The maximum atomic E-state index is 12.4. The number of hydrogen-bond donors (Lipinski definition) is 3. The van der Waals surface area contributed by atoms with Crippen molar-refractivity contribution < 1.29 is 19.5 Å². The van der Waals surface area contributed by atoms with E-state index in [4.69, 9.17) is 0 Å². The molecule has 1 aliphatic heterocycles. The Morgan fingerprint density at radius 2 is 2.04 bits per heavy atom. The van der Waals surface area contributed by atoms with Gasteiger partial charge in [0.1, 0.15) is 18.0 Å². The van der Waals surface area contributed by atoms with Crippen molar-refractivity contribution in [2.24, 2.45) is 0 Å². The number of phenolic OH excluding ortho intramolecular Hbond substituents is 1. The highest BCUT2D eigenvalue weighted by Crippen LogP contribution is 2.25. The van der Waals surface area contributed by atoms with E-state index in [1.807, 2.05) is 13.0 Å². The van der Waals surface area contributed by atoms with Crippen LogP contribution in [0.4, 0.5) is 10.5 Å². The summed E-state index contributed by atoms with van der Waals surface area (Å²) in [6, 6.07) is 11.2. The number of imide groups is 1. The molecule has 2 aromatic rings. The van der Waals surface area contributed by atoms with Gasteiger partial charge in [-0.05, 0) is 64.3 Å². The molecule has 0 saturated carbocycles. The monoisotopic (exact) mass is 429 g/mol. The maximum absolute atomic E-state index is 12.4. The quantitative estimate of drug-likeness (QED) is 0.513. The van der Waals surface area contributed by atoms with Crippen molar-refractivity contribution in [3.8, 4) is 5.75 Å². The summed E-state index contributed by atoms with van der Waals surface area (Å²) in [4.78, 5) is 37.5. The summed E-state index contributed by atoms with van der Waals surface area (Å²) in [6.07, 6.45) is 1.48. The molecule has 7 nitrogen and oxygen atoms in total. The van der Waals surface area contributed by atoms with Crippen LogP contribution in [-0.2, 0) is 9.59 Å². The molecule has 0 aromatic heterocycles. The molecular weight excluding hydrogens is 414 g/mol. The van der Waals surface area contributed by atoms with Gasteiger partial charge in [0.05, 0.1) is 4.47 Å². The zero-order chi connectivity index (χ0) is 19.6. The first kappa shape index (κ1) is 18.7. The van der Waals surface area contributed by atoms with E-state index in [2.05, 4.69) is 26.6 Å². The number of halogens is 1. The Morgan fingerprint density at radius 3 is 2.74 bits per heavy atom. The molecule has 8 heteroatoms. The molecule has 27 heavy (non-hydrogen) atoms. The molecule has 0 bridgehead atoms. The highest BCUT2D eigenvalue weighted by atomic mass is 79.9. The third-order valence-corrected chi connectivity index (χ3v) is 4.48. The first-order valence-corrected chi connectivity index (χ1v) is 8.82. The van der Waals surface area contributed by atoms with Crippen LogP contribution in [0, 0.1) is 6.92 Å². The molecule has 3 N–H and O–H groups in total. The molecule has 1 fully saturated rings. The van der Waals surface area contributed by atoms with Gasteiger partial charge < -0.3 is 15.7 Å². The number of carbonyl (C=O) groups is 3. The Hall–Kier alpha value is -3.13. The van der Waals surface area contributed by atoms with Gasteiger partial charge in [-0.1, -0.05) is 18.2 Å². The largest absolute Gasteiger partial charge is 0.507 e. The molecule has 1 aliphatic rings. The second kappa shape index (κ2) is 7.63. The summed E-state index contributed by atoms with van der Waals surface area (Å²) >= 11 is 3.19. The van der Waals surface area contributed by atoms with Crippen LogP contribution in [0.3, 0.4) is 0 Å². The van der Waals surface area contributed by atoms with Crippen molar-refractivity contribution >= 4 is 45.5 Å².